The fourth-order valence-corrected chi connectivity index (χ4v) is 7.91. The van der Waals surface area contributed by atoms with E-state index in [1.165, 1.54) is 18.2 Å². The van der Waals surface area contributed by atoms with Gasteiger partial charge in [-0.2, -0.15) is 18.4 Å². The molecule has 0 atom stereocenters. The summed E-state index contributed by atoms with van der Waals surface area (Å²) >= 11 is 11.5. The molecule has 3 aromatic rings. The van der Waals surface area contributed by atoms with E-state index in [2.05, 4.69) is 28.5 Å². The first-order valence-electron chi connectivity index (χ1n) is 19.3. The molecule has 3 fully saturated rings. The van der Waals surface area contributed by atoms with Crippen LogP contribution < -0.4 is 0 Å². The normalized spacial score (nSPS) is 19.9. The number of benzene rings is 3. The van der Waals surface area contributed by atoms with Crippen molar-refractivity contribution in [3.63, 3.8) is 0 Å². The summed E-state index contributed by atoms with van der Waals surface area (Å²) in [5, 5.41) is 40.8. The largest absolute Gasteiger partial charge is 0.417 e. The average Bonchev–Trinajstić information content (AvgIpc) is 3.18. The van der Waals surface area contributed by atoms with E-state index in [4.69, 9.17) is 28.5 Å². The number of hydrogen-bond acceptors (Lipinski definition) is 7. The minimum absolute atomic E-state index is 0.0776. The van der Waals surface area contributed by atoms with Gasteiger partial charge in [0.25, 0.3) is 0 Å². The number of likely N-dealkylation sites (tertiary alicyclic amines) is 3. The quantitative estimate of drug-likeness (QED) is 0.205. The molecule has 0 bridgehead atoms. The van der Waals surface area contributed by atoms with Crippen molar-refractivity contribution in [3.8, 4) is 6.07 Å². The van der Waals surface area contributed by atoms with E-state index in [0.29, 0.717) is 51.6 Å². The van der Waals surface area contributed by atoms with Gasteiger partial charge in [-0.05, 0) is 118 Å². The third-order valence-electron chi connectivity index (χ3n) is 11.4. The van der Waals surface area contributed by atoms with Crippen molar-refractivity contribution in [2.75, 3.05) is 58.9 Å². The molecule has 56 heavy (non-hydrogen) atoms. The lowest BCUT2D eigenvalue weighted by Crippen LogP contribution is -2.42. The summed E-state index contributed by atoms with van der Waals surface area (Å²) in [4.78, 5) is 6.78. The zero-order chi connectivity index (χ0) is 41.3. The topological polar surface area (TPSA) is 94.2 Å². The van der Waals surface area contributed by atoms with Gasteiger partial charge in [0.2, 0.25) is 0 Å². The van der Waals surface area contributed by atoms with Crippen molar-refractivity contribution in [2.45, 2.75) is 88.7 Å². The molecule has 14 heteroatoms. The van der Waals surface area contributed by atoms with Crippen molar-refractivity contribution >= 4 is 23.2 Å². The van der Waals surface area contributed by atoms with Gasteiger partial charge in [0.1, 0.15) is 11.6 Å². The van der Waals surface area contributed by atoms with Gasteiger partial charge >= 0.3 is 6.18 Å². The van der Waals surface area contributed by atoms with Crippen LogP contribution in [-0.2, 0) is 23.0 Å². The summed E-state index contributed by atoms with van der Waals surface area (Å²) in [5.74, 6) is -0.877. The Morgan fingerprint density at radius 3 is 1.30 bits per heavy atom. The third-order valence-corrected chi connectivity index (χ3v) is 12.0. The number of alkyl halides is 3. The van der Waals surface area contributed by atoms with Crippen LogP contribution in [-0.4, -0.2) is 88.9 Å². The molecule has 0 aliphatic carbocycles. The summed E-state index contributed by atoms with van der Waals surface area (Å²) in [6, 6.07) is 14.0. The Bertz CT molecular complexity index is 1780. The first-order valence-corrected chi connectivity index (χ1v) is 20.0. The van der Waals surface area contributed by atoms with Crippen LogP contribution in [0.1, 0.15) is 93.5 Å². The van der Waals surface area contributed by atoms with E-state index in [9.17, 15) is 37.3 Å². The highest BCUT2D eigenvalue weighted by atomic mass is 35.5. The summed E-state index contributed by atoms with van der Waals surface area (Å²) < 4.78 is 65.2. The van der Waals surface area contributed by atoms with E-state index < -0.39 is 45.7 Å². The number of nitrogens with zero attached hydrogens (tertiary/aromatic N) is 4. The predicted molar refractivity (Wildman–Crippen MR) is 209 cm³/mol. The number of rotatable bonds is 7. The van der Waals surface area contributed by atoms with Crippen molar-refractivity contribution < 1.29 is 37.3 Å². The molecule has 3 aliphatic heterocycles. The molecule has 3 saturated heterocycles. The van der Waals surface area contributed by atoms with Crippen molar-refractivity contribution in [3.05, 3.63) is 104 Å². The molecule has 0 unspecified atom stereocenters. The van der Waals surface area contributed by atoms with Gasteiger partial charge in [-0.3, -0.25) is 0 Å². The van der Waals surface area contributed by atoms with Crippen LogP contribution in [0.4, 0.5) is 22.0 Å². The second-order valence-electron chi connectivity index (χ2n) is 14.9. The predicted octanol–water partition coefficient (Wildman–Crippen LogP) is 8.84. The van der Waals surface area contributed by atoms with E-state index in [-0.39, 0.29) is 15.6 Å². The zero-order valence-corrected chi connectivity index (χ0v) is 33.8. The number of nitriles is 1. The van der Waals surface area contributed by atoms with Crippen LogP contribution >= 0.6 is 23.2 Å². The monoisotopic (exact) mass is 826 g/mol. The average molecular weight is 828 g/mol. The van der Waals surface area contributed by atoms with Gasteiger partial charge < -0.3 is 30.0 Å². The van der Waals surface area contributed by atoms with Crippen LogP contribution in [0.25, 0.3) is 0 Å². The zero-order valence-electron chi connectivity index (χ0n) is 32.3. The van der Waals surface area contributed by atoms with Crippen molar-refractivity contribution in [2.24, 2.45) is 0 Å². The SMILES string of the molecule is CCCN1CCC(O)(c2ccc(F)c(Cl)c2)CC1.CCN1CCC(O)(c2ccc(C#N)c(C(F)(F)F)c2)CC1.CCN1CCC(O)(c2ccc(F)c(Cl)c2)CC1. The Kier molecular flexibility index (Phi) is 16.1. The molecule has 0 saturated carbocycles. The molecular weight excluding hydrogens is 774 g/mol. The molecular formula is C42H53Cl2F5N4O3. The lowest BCUT2D eigenvalue weighted by Gasteiger charge is -2.38. The highest BCUT2D eigenvalue weighted by Gasteiger charge is 2.39. The van der Waals surface area contributed by atoms with Crippen molar-refractivity contribution in [1.82, 2.24) is 14.7 Å². The van der Waals surface area contributed by atoms with E-state index >= 15 is 0 Å². The summed E-state index contributed by atoms with van der Waals surface area (Å²) in [6.07, 6.45) is 0.00591. The van der Waals surface area contributed by atoms with Crippen LogP contribution in [0.2, 0.25) is 10.0 Å². The molecule has 0 aromatic heterocycles. The molecule has 7 nitrogen and oxygen atoms in total. The maximum Gasteiger partial charge on any atom is 0.417 e. The molecule has 6 rings (SSSR count). The van der Waals surface area contributed by atoms with Gasteiger partial charge in [0.05, 0.1) is 44.0 Å². The lowest BCUT2D eigenvalue weighted by atomic mass is 9.83. The van der Waals surface area contributed by atoms with Gasteiger partial charge in [-0.25, -0.2) is 8.78 Å². The first kappa shape index (κ1) is 45.8. The minimum atomic E-state index is -4.60. The van der Waals surface area contributed by atoms with E-state index in [0.717, 1.165) is 75.5 Å². The van der Waals surface area contributed by atoms with E-state index in [1.54, 1.807) is 30.3 Å². The molecule has 0 spiro atoms. The van der Waals surface area contributed by atoms with E-state index in [1.807, 2.05) is 6.92 Å². The maximum absolute atomic E-state index is 13.1. The summed E-state index contributed by atoms with van der Waals surface area (Å²) in [7, 11) is 0. The van der Waals surface area contributed by atoms with Crippen molar-refractivity contribution in [1.29, 1.82) is 5.26 Å². The highest BCUT2D eigenvalue weighted by Crippen LogP contribution is 2.39. The smallest absolute Gasteiger partial charge is 0.385 e. The van der Waals surface area contributed by atoms with Crippen LogP contribution in [0.3, 0.4) is 0 Å². The molecule has 3 heterocycles. The second kappa shape index (κ2) is 19.7. The maximum atomic E-state index is 13.1. The summed E-state index contributed by atoms with van der Waals surface area (Å²) in [6.45, 7) is 14.0. The van der Waals surface area contributed by atoms with Crippen LogP contribution in [0.5, 0.6) is 0 Å². The highest BCUT2D eigenvalue weighted by molar-refractivity contribution is 6.31. The van der Waals surface area contributed by atoms with Gasteiger partial charge in [0, 0.05) is 39.3 Å². The minimum Gasteiger partial charge on any atom is -0.385 e. The Hall–Kier alpha value is -2.86. The molecule has 3 aliphatic rings. The standard InChI is InChI=1S/C15H17F3N2O.C14H19ClFNO.C13H17ClFNO/c1-2-20-7-5-14(21,6-8-20)12-4-3-11(10-19)13(9-12)15(16,17)18;1-2-7-17-8-5-14(18,6-9-17)11-3-4-13(16)12(15)10-11;1-2-16-7-5-13(17,6-8-16)10-3-4-12(15)11(14)9-10/h3-4,9,21H,2,5-8H2,1H3;3-4,10,18H,2,5-9H2,1H3;3-4,9,17H,2,5-8H2,1H3. The van der Waals surface area contributed by atoms with Gasteiger partial charge in [-0.15, -0.1) is 0 Å². The molecule has 3 aromatic carbocycles. The van der Waals surface area contributed by atoms with Crippen LogP contribution in [0, 0.1) is 23.0 Å². The number of piperidine rings is 3. The van der Waals surface area contributed by atoms with Gasteiger partial charge in [0.15, 0.2) is 0 Å². The molecule has 3 N–H and O–H groups in total. The lowest BCUT2D eigenvalue weighted by molar-refractivity contribution is -0.138. The Morgan fingerprint density at radius 2 is 0.982 bits per heavy atom. The van der Waals surface area contributed by atoms with Crippen LogP contribution in [0.15, 0.2) is 54.6 Å². The Balaban J connectivity index is 0.000000188. The first-order chi connectivity index (χ1) is 26.4. The molecule has 308 valence electrons. The number of halogens is 7. The Labute approximate surface area is 337 Å². The fourth-order valence-electron chi connectivity index (χ4n) is 7.54. The molecule has 0 radical (unpaired) electrons. The second-order valence-corrected chi connectivity index (χ2v) is 15.7. The fraction of sp³-hybridized carbons (Fsp3) is 0.548. The Morgan fingerprint density at radius 1 is 0.625 bits per heavy atom. The molecule has 0 amide bonds. The number of hydrogen-bond donors (Lipinski definition) is 3. The summed E-state index contributed by atoms with van der Waals surface area (Å²) in [5.41, 5.74) is -2.67. The number of aliphatic hydroxyl groups is 3. The van der Waals surface area contributed by atoms with Gasteiger partial charge in [-0.1, -0.05) is 62.2 Å². The third kappa shape index (κ3) is 11.6.